The highest BCUT2D eigenvalue weighted by Crippen LogP contribution is 2.05. The minimum atomic E-state index is -0.160. The maximum atomic E-state index is 12.3. The van der Waals surface area contributed by atoms with Crippen molar-refractivity contribution in [2.75, 3.05) is 32.8 Å². The molecule has 0 spiro atoms. The molecule has 0 aromatic carbocycles. The van der Waals surface area contributed by atoms with Gasteiger partial charge in [-0.25, -0.2) is 0 Å². The second-order valence-corrected chi connectivity index (χ2v) is 5.45. The molecule has 1 amide bonds. The summed E-state index contributed by atoms with van der Waals surface area (Å²) in [6.07, 6.45) is 4.01. The number of amides is 1. The number of aryl methyl sites for hydroxylation is 1. The summed E-state index contributed by atoms with van der Waals surface area (Å²) >= 11 is 0. The molecule has 1 fully saturated rings. The number of nitrogens with one attached hydrogen (secondary N) is 1. The van der Waals surface area contributed by atoms with E-state index in [2.05, 4.69) is 12.2 Å². The summed E-state index contributed by atoms with van der Waals surface area (Å²) in [5.41, 5.74) is -0.160. The lowest BCUT2D eigenvalue weighted by atomic mass is 10.3. The highest BCUT2D eigenvalue weighted by atomic mass is 16.5. The first-order valence-corrected chi connectivity index (χ1v) is 8.03. The van der Waals surface area contributed by atoms with Crippen molar-refractivity contribution in [3.8, 4) is 5.75 Å². The molecule has 122 valence electrons. The molecule has 6 heteroatoms. The average molecular weight is 307 g/mol. The Morgan fingerprint density at radius 1 is 1.36 bits per heavy atom. The molecule has 1 aliphatic heterocycles. The lowest BCUT2D eigenvalue weighted by Crippen LogP contribution is -2.46. The van der Waals surface area contributed by atoms with Crippen molar-refractivity contribution >= 4 is 5.91 Å². The number of carbonyl (C=O) groups is 1. The number of piperazine rings is 1. The van der Waals surface area contributed by atoms with Crippen molar-refractivity contribution in [3.05, 3.63) is 28.7 Å². The number of nitrogens with zero attached hydrogens (tertiary/aromatic N) is 2. The fourth-order valence-electron chi connectivity index (χ4n) is 2.42. The zero-order valence-corrected chi connectivity index (χ0v) is 13.2. The van der Waals surface area contributed by atoms with Gasteiger partial charge < -0.3 is 19.5 Å². The van der Waals surface area contributed by atoms with E-state index in [9.17, 15) is 9.59 Å². The van der Waals surface area contributed by atoms with Crippen LogP contribution in [-0.2, 0) is 11.3 Å². The zero-order valence-electron chi connectivity index (χ0n) is 13.2. The third-order valence-electron chi connectivity index (χ3n) is 3.78. The summed E-state index contributed by atoms with van der Waals surface area (Å²) in [5.74, 6) is 0.469. The van der Waals surface area contributed by atoms with Crippen molar-refractivity contribution in [1.82, 2.24) is 14.8 Å². The van der Waals surface area contributed by atoms with Gasteiger partial charge in [0.05, 0.1) is 6.61 Å². The SMILES string of the molecule is CCCCOc1cccn(CCC(=O)N2CCNCC2)c1=O. The number of unbranched alkanes of at least 4 members (excludes halogenated alkanes) is 1. The second-order valence-electron chi connectivity index (χ2n) is 5.45. The van der Waals surface area contributed by atoms with E-state index in [0.29, 0.717) is 25.3 Å². The van der Waals surface area contributed by atoms with E-state index in [-0.39, 0.29) is 11.5 Å². The fourth-order valence-corrected chi connectivity index (χ4v) is 2.42. The van der Waals surface area contributed by atoms with E-state index in [4.69, 9.17) is 4.74 Å². The van der Waals surface area contributed by atoms with E-state index < -0.39 is 0 Å². The van der Waals surface area contributed by atoms with Gasteiger partial charge in [0.15, 0.2) is 5.75 Å². The predicted molar refractivity (Wildman–Crippen MR) is 85.2 cm³/mol. The molecule has 0 unspecified atom stereocenters. The topological polar surface area (TPSA) is 63.6 Å². The first-order chi connectivity index (χ1) is 10.7. The van der Waals surface area contributed by atoms with Gasteiger partial charge in [-0.15, -0.1) is 0 Å². The van der Waals surface area contributed by atoms with Gasteiger partial charge in [0.1, 0.15) is 0 Å². The first kappa shape index (κ1) is 16.5. The summed E-state index contributed by atoms with van der Waals surface area (Å²) in [5, 5.41) is 3.22. The summed E-state index contributed by atoms with van der Waals surface area (Å²) in [6.45, 7) is 6.19. The van der Waals surface area contributed by atoms with E-state index in [1.54, 1.807) is 22.9 Å². The van der Waals surface area contributed by atoms with Crippen LogP contribution in [0, 0.1) is 0 Å². The fraction of sp³-hybridized carbons (Fsp3) is 0.625. The third-order valence-corrected chi connectivity index (χ3v) is 3.78. The number of pyridine rings is 1. The Labute approximate surface area is 131 Å². The van der Waals surface area contributed by atoms with Gasteiger partial charge >= 0.3 is 0 Å². The van der Waals surface area contributed by atoms with Crippen LogP contribution in [-0.4, -0.2) is 48.2 Å². The van der Waals surface area contributed by atoms with Gasteiger partial charge in [-0.2, -0.15) is 0 Å². The predicted octanol–water partition coefficient (Wildman–Crippen LogP) is 0.849. The standard InChI is InChI=1S/C16H25N3O3/c1-2-3-13-22-14-5-4-9-19(16(14)21)10-6-15(20)18-11-7-17-8-12-18/h4-5,9,17H,2-3,6-8,10-13H2,1H3. The molecule has 22 heavy (non-hydrogen) atoms. The number of hydrogen-bond acceptors (Lipinski definition) is 4. The second kappa shape index (κ2) is 8.58. The average Bonchev–Trinajstić information content (AvgIpc) is 2.56. The van der Waals surface area contributed by atoms with Crippen LogP contribution in [0.15, 0.2) is 23.1 Å². The summed E-state index contributed by atoms with van der Waals surface area (Å²) in [6, 6.07) is 3.48. The van der Waals surface area contributed by atoms with Gasteiger partial charge in [-0.1, -0.05) is 13.3 Å². The Bertz CT molecular complexity index is 536. The Morgan fingerprint density at radius 2 is 2.14 bits per heavy atom. The van der Waals surface area contributed by atoms with E-state index in [0.717, 1.165) is 39.0 Å². The Balaban J connectivity index is 1.90. The maximum Gasteiger partial charge on any atom is 0.292 e. The monoisotopic (exact) mass is 307 g/mol. The van der Waals surface area contributed by atoms with Gasteiger partial charge in [0, 0.05) is 45.3 Å². The normalized spacial score (nSPS) is 14.9. The summed E-state index contributed by atoms with van der Waals surface area (Å²) < 4.78 is 7.06. The van der Waals surface area contributed by atoms with E-state index in [1.807, 2.05) is 4.90 Å². The number of rotatable bonds is 7. The van der Waals surface area contributed by atoms with Gasteiger partial charge in [0.25, 0.3) is 5.56 Å². The maximum absolute atomic E-state index is 12.3. The van der Waals surface area contributed by atoms with Crippen LogP contribution in [0.4, 0.5) is 0 Å². The van der Waals surface area contributed by atoms with Crippen molar-refractivity contribution in [3.63, 3.8) is 0 Å². The quantitative estimate of drug-likeness (QED) is 0.759. The zero-order chi connectivity index (χ0) is 15.8. The van der Waals surface area contributed by atoms with Crippen molar-refractivity contribution in [2.24, 2.45) is 0 Å². The molecule has 1 aliphatic rings. The van der Waals surface area contributed by atoms with Gasteiger partial charge in [-0.05, 0) is 18.6 Å². The molecule has 1 aromatic heterocycles. The highest BCUT2D eigenvalue weighted by Gasteiger charge is 2.16. The summed E-state index contributed by atoms with van der Waals surface area (Å²) in [7, 11) is 0. The Kier molecular flexibility index (Phi) is 6.45. The summed E-state index contributed by atoms with van der Waals surface area (Å²) in [4.78, 5) is 26.2. The van der Waals surface area contributed by atoms with Crippen LogP contribution in [0.3, 0.4) is 0 Å². The molecular weight excluding hydrogens is 282 g/mol. The Morgan fingerprint density at radius 3 is 2.86 bits per heavy atom. The first-order valence-electron chi connectivity index (χ1n) is 8.03. The minimum Gasteiger partial charge on any atom is -0.488 e. The molecule has 0 radical (unpaired) electrons. The third kappa shape index (κ3) is 4.59. The molecule has 0 atom stereocenters. The number of hydrogen-bond donors (Lipinski definition) is 1. The molecule has 0 aliphatic carbocycles. The van der Waals surface area contributed by atoms with E-state index in [1.165, 1.54) is 0 Å². The minimum absolute atomic E-state index is 0.103. The molecular formula is C16H25N3O3. The van der Waals surface area contributed by atoms with Crippen LogP contribution in [0.5, 0.6) is 5.75 Å². The van der Waals surface area contributed by atoms with Crippen LogP contribution < -0.4 is 15.6 Å². The molecule has 1 saturated heterocycles. The molecule has 1 N–H and O–H groups in total. The number of carbonyl (C=O) groups excluding carboxylic acids is 1. The van der Waals surface area contributed by atoms with Crippen LogP contribution in [0.2, 0.25) is 0 Å². The molecule has 1 aromatic rings. The highest BCUT2D eigenvalue weighted by molar-refractivity contribution is 5.76. The molecule has 2 heterocycles. The number of aromatic nitrogens is 1. The molecule has 0 saturated carbocycles. The molecule has 2 rings (SSSR count). The molecule has 0 bridgehead atoms. The largest absolute Gasteiger partial charge is 0.488 e. The van der Waals surface area contributed by atoms with E-state index >= 15 is 0 Å². The van der Waals surface area contributed by atoms with Crippen molar-refractivity contribution in [2.45, 2.75) is 32.7 Å². The lowest BCUT2D eigenvalue weighted by Gasteiger charge is -2.27. The Hall–Kier alpha value is -1.82. The van der Waals surface area contributed by atoms with Crippen LogP contribution in [0.25, 0.3) is 0 Å². The van der Waals surface area contributed by atoms with Crippen LogP contribution >= 0.6 is 0 Å². The van der Waals surface area contributed by atoms with Crippen molar-refractivity contribution in [1.29, 1.82) is 0 Å². The van der Waals surface area contributed by atoms with Crippen molar-refractivity contribution < 1.29 is 9.53 Å². The lowest BCUT2D eigenvalue weighted by molar-refractivity contribution is -0.132. The van der Waals surface area contributed by atoms with Crippen LogP contribution in [0.1, 0.15) is 26.2 Å². The van der Waals surface area contributed by atoms with Gasteiger partial charge in [0.2, 0.25) is 5.91 Å². The van der Waals surface area contributed by atoms with Gasteiger partial charge in [-0.3, -0.25) is 9.59 Å². The number of ether oxygens (including phenoxy) is 1. The molecule has 6 nitrogen and oxygen atoms in total. The smallest absolute Gasteiger partial charge is 0.292 e.